The van der Waals surface area contributed by atoms with Crippen LogP contribution in [0.5, 0.6) is 0 Å². The summed E-state index contributed by atoms with van der Waals surface area (Å²) >= 11 is 0. The van der Waals surface area contributed by atoms with E-state index in [1.807, 2.05) is 12.4 Å². The van der Waals surface area contributed by atoms with Crippen LogP contribution in [-0.2, 0) is 14.3 Å². The number of aryl methyl sites for hydroxylation is 1. The van der Waals surface area contributed by atoms with Crippen LogP contribution in [0.4, 0.5) is 5.95 Å². The number of aromatic nitrogens is 2. The molecule has 0 saturated carbocycles. The van der Waals surface area contributed by atoms with E-state index in [1.165, 1.54) is 5.56 Å². The van der Waals surface area contributed by atoms with Gasteiger partial charge in [0.25, 0.3) is 0 Å². The summed E-state index contributed by atoms with van der Waals surface area (Å²) in [6.07, 6.45) is 4.36. The normalized spacial score (nSPS) is 18.8. The molecule has 0 aliphatic carbocycles. The van der Waals surface area contributed by atoms with E-state index in [-0.39, 0.29) is 5.91 Å². The number of nitrogens with two attached hydrogens (primary N) is 1. The van der Waals surface area contributed by atoms with Gasteiger partial charge in [-0.2, -0.15) is 0 Å². The first-order valence-electron chi connectivity index (χ1n) is 10.3. The third-order valence-electron chi connectivity index (χ3n) is 6.10. The Balaban J connectivity index is 1.40. The summed E-state index contributed by atoms with van der Waals surface area (Å²) in [4.78, 5) is 38.1. The van der Waals surface area contributed by atoms with Gasteiger partial charge in [0.1, 0.15) is 5.41 Å². The van der Waals surface area contributed by atoms with E-state index in [2.05, 4.69) is 46.1 Å². The molecule has 0 radical (unpaired) electrons. The van der Waals surface area contributed by atoms with E-state index in [0.29, 0.717) is 58.2 Å². The Morgan fingerprint density at radius 2 is 1.57 bits per heavy atom. The molecule has 2 fully saturated rings. The van der Waals surface area contributed by atoms with Crippen LogP contribution in [0.2, 0.25) is 0 Å². The average molecular weight is 409 g/mol. The molecule has 2 aliphatic heterocycles. The Kier molecular flexibility index (Phi) is 5.67. The second-order valence-corrected chi connectivity index (χ2v) is 7.98. The van der Waals surface area contributed by atoms with E-state index < -0.39 is 11.3 Å². The molecule has 4 rings (SSSR count). The number of hydrogen-bond donors (Lipinski definition) is 1. The molecule has 1 aromatic heterocycles. The smallest absolute Gasteiger partial charge is 0.238 e. The molecule has 2 aliphatic rings. The molecule has 30 heavy (non-hydrogen) atoms. The van der Waals surface area contributed by atoms with Gasteiger partial charge in [0.15, 0.2) is 0 Å². The van der Waals surface area contributed by atoms with Crippen molar-refractivity contribution in [3.05, 3.63) is 42.2 Å². The number of primary amides is 1. The average Bonchev–Trinajstić information content (AvgIpc) is 2.80. The maximum absolute atomic E-state index is 13.1. The van der Waals surface area contributed by atoms with Gasteiger partial charge in [-0.15, -0.1) is 0 Å². The SMILES string of the molecule is Cc1ccc(-c2cnc(N3CCN(C(=O)C4(C(N)=O)CCOCC4)CC3)nc2)cc1. The number of benzene rings is 1. The highest BCUT2D eigenvalue weighted by Crippen LogP contribution is 2.33. The van der Waals surface area contributed by atoms with Crippen LogP contribution in [0.15, 0.2) is 36.7 Å². The zero-order valence-electron chi connectivity index (χ0n) is 17.2. The summed E-state index contributed by atoms with van der Waals surface area (Å²) in [5.74, 6) is -0.0736. The summed E-state index contributed by atoms with van der Waals surface area (Å²) < 4.78 is 5.33. The molecule has 3 heterocycles. The molecule has 2 aromatic rings. The Bertz CT molecular complexity index is 899. The number of carbonyl (C=O) groups is 2. The fourth-order valence-electron chi connectivity index (χ4n) is 4.08. The van der Waals surface area contributed by atoms with Crippen LogP contribution < -0.4 is 10.6 Å². The number of ether oxygens (including phenoxy) is 1. The van der Waals surface area contributed by atoms with Crippen molar-refractivity contribution >= 4 is 17.8 Å². The third kappa shape index (κ3) is 3.87. The second kappa shape index (κ2) is 8.39. The number of nitrogens with zero attached hydrogens (tertiary/aromatic N) is 4. The molecule has 8 nitrogen and oxygen atoms in total. The predicted molar refractivity (Wildman–Crippen MR) is 113 cm³/mol. The molecule has 2 amide bonds. The van der Waals surface area contributed by atoms with Crippen molar-refractivity contribution in [1.29, 1.82) is 0 Å². The van der Waals surface area contributed by atoms with Crippen LogP contribution in [0.1, 0.15) is 18.4 Å². The molecule has 2 N–H and O–H groups in total. The maximum Gasteiger partial charge on any atom is 0.238 e. The maximum atomic E-state index is 13.1. The lowest BCUT2D eigenvalue weighted by molar-refractivity contribution is -0.156. The van der Waals surface area contributed by atoms with Crippen molar-refractivity contribution in [3.8, 4) is 11.1 Å². The van der Waals surface area contributed by atoms with Crippen molar-refractivity contribution in [1.82, 2.24) is 14.9 Å². The summed E-state index contributed by atoms with van der Waals surface area (Å²) in [6.45, 7) is 5.07. The molecular formula is C22H27N5O3. The third-order valence-corrected chi connectivity index (χ3v) is 6.10. The number of carbonyl (C=O) groups excluding carboxylic acids is 2. The van der Waals surface area contributed by atoms with Crippen LogP contribution in [-0.4, -0.2) is 66.1 Å². The van der Waals surface area contributed by atoms with Crippen molar-refractivity contribution < 1.29 is 14.3 Å². The highest BCUT2D eigenvalue weighted by Gasteiger charge is 2.48. The first-order chi connectivity index (χ1) is 14.5. The Morgan fingerprint density at radius 3 is 2.13 bits per heavy atom. The largest absolute Gasteiger partial charge is 0.381 e. The molecule has 0 unspecified atom stereocenters. The molecule has 158 valence electrons. The predicted octanol–water partition coefficient (Wildman–Crippen LogP) is 1.38. The van der Waals surface area contributed by atoms with Crippen LogP contribution in [0, 0.1) is 12.3 Å². The molecule has 0 spiro atoms. The van der Waals surface area contributed by atoms with E-state index in [1.54, 1.807) is 4.90 Å². The molecular weight excluding hydrogens is 382 g/mol. The van der Waals surface area contributed by atoms with Crippen molar-refractivity contribution in [2.45, 2.75) is 19.8 Å². The summed E-state index contributed by atoms with van der Waals surface area (Å²) in [5, 5.41) is 0. The van der Waals surface area contributed by atoms with Gasteiger partial charge >= 0.3 is 0 Å². The lowest BCUT2D eigenvalue weighted by Gasteiger charge is -2.41. The second-order valence-electron chi connectivity index (χ2n) is 7.98. The van der Waals surface area contributed by atoms with Gasteiger partial charge < -0.3 is 20.3 Å². The minimum atomic E-state index is -1.13. The lowest BCUT2D eigenvalue weighted by atomic mass is 9.78. The topological polar surface area (TPSA) is 102 Å². The number of amides is 2. The molecule has 8 heteroatoms. The Labute approximate surface area is 176 Å². The fraction of sp³-hybridized carbons (Fsp3) is 0.455. The van der Waals surface area contributed by atoms with Gasteiger partial charge in [-0.1, -0.05) is 29.8 Å². The zero-order chi connectivity index (χ0) is 21.1. The van der Waals surface area contributed by atoms with Crippen LogP contribution in [0.3, 0.4) is 0 Å². The molecule has 2 saturated heterocycles. The van der Waals surface area contributed by atoms with E-state index in [4.69, 9.17) is 10.5 Å². The van der Waals surface area contributed by atoms with Gasteiger partial charge in [0.2, 0.25) is 17.8 Å². The van der Waals surface area contributed by atoms with Gasteiger partial charge in [-0.05, 0) is 25.3 Å². The van der Waals surface area contributed by atoms with E-state index in [0.717, 1.165) is 11.1 Å². The fourth-order valence-corrected chi connectivity index (χ4v) is 4.08. The highest BCUT2D eigenvalue weighted by molar-refractivity contribution is 6.04. The van der Waals surface area contributed by atoms with Gasteiger partial charge in [0.05, 0.1) is 0 Å². The van der Waals surface area contributed by atoms with Gasteiger partial charge in [-0.25, -0.2) is 9.97 Å². The lowest BCUT2D eigenvalue weighted by Crippen LogP contribution is -2.58. The van der Waals surface area contributed by atoms with Crippen molar-refractivity contribution in [2.24, 2.45) is 11.1 Å². The summed E-state index contributed by atoms with van der Waals surface area (Å²) in [5.41, 5.74) is 7.75. The monoisotopic (exact) mass is 409 g/mol. The van der Waals surface area contributed by atoms with E-state index in [9.17, 15) is 9.59 Å². The number of rotatable bonds is 4. The number of piperazine rings is 1. The number of anilines is 1. The van der Waals surface area contributed by atoms with Crippen LogP contribution >= 0.6 is 0 Å². The van der Waals surface area contributed by atoms with Gasteiger partial charge in [-0.3, -0.25) is 9.59 Å². The number of hydrogen-bond acceptors (Lipinski definition) is 6. The molecule has 1 aromatic carbocycles. The van der Waals surface area contributed by atoms with E-state index >= 15 is 0 Å². The van der Waals surface area contributed by atoms with Gasteiger partial charge in [0, 0.05) is 57.3 Å². The first-order valence-corrected chi connectivity index (χ1v) is 10.3. The minimum Gasteiger partial charge on any atom is -0.381 e. The Morgan fingerprint density at radius 1 is 0.967 bits per heavy atom. The van der Waals surface area contributed by atoms with Crippen LogP contribution in [0.25, 0.3) is 11.1 Å². The molecule has 0 atom stereocenters. The zero-order valence-corrected chi connectivity index (χ0v) is 17.2. The minimum absolute atomic E-state index is 0.173. The highest BCUT2D eigenvalue weighted by atomic mass is 16.5. The quantitative estimate of drug-likeness (QED) is 0.766. The molecule has 0 bridgehead atoms. The van der Waals surface area contributed by atoms with Crippen molar-refractivity contribution in [3.63, 3.8) is 0 Å². The summed E-state index contributed by atoms with van der Waals surface area (Å²) in [7, 11) is 0. The van der Waals surface area contributed by atoms with Crippen molar-refractivity contribution in [2.75, 3.05) is 44.3 Å². The Hall–Kier alpha value is -3.00. The summed E-state index contributed by atoms with van der Waals surface area (Å²) in [6, 6.07) is 8.25. The first kappa shape index (κ1) is 20.3. The standard InChI is InChI=1S/C22H27N5O3/c1-16-2-4-17(5-3-16)18-14-24-21(25-15-18)27-10-8-26(9-11-27)20(29)22(19(23)28)6-12-30-13-7-22/h2-5,14-15H,6-13H2,1H3,(H2,23,28).